The van der Waals surface area contributed by atoms with Crippen LogP contribution < -0.4 is 17.2 Å². The van der Waals surface area contributed by atoms with Gasteiger partial charge in [0.1, 0.15) is 6.10 Å². The molecule has 0 heterocycles. The third-order valence-corrected chi connectivity index (χ3v) is 2.39. The van der Waals surface area contributed by atoms with Crippen LogP contribution in [-0.4, -0.2) is 45.7 Å². The minimum Gasteiger partial charge on any atom is -0.396 e. The fourth-order valence-electron chi connectivity index (χ4n) is 1.82. The molecule has 9 nitrogen and oxygen atoms in total. The zero-order valence-electron chi connectivity index (χ0n) is 8.69. The lowest BCUT2D eigenvalue weighted by Crippen LogP contribution is -2.62. The summed E-state index contributed by atoms with van der Waals surface area (Å²) in [7, 11) is 0. The van der Waals surface area contributed by atoms with Crippen molar-refractivity contribution in [1.29, 1.82) is 0 Å². The van der Waals surface area contributed by atoms with Gasteiger partial charge in [-0.1, -0.05) is 0 Å². The first-order chi connectivity index (χ1) is 7.31. The largest absolute Gasteiger partial charge is 0.396 e. The van der Waals surface area contributed by atoms with E-state index in [0.717, 1.165) is 0 Å². The number of nitrogens with two attached hydrogens (primary N) is 3. The van der Waals surface area contributed by atoms with E-state index in [1.807, 2.05) is 0 Å². The van der Waals surface area contributed by atoms with Crippen LogP contribution in [-0.2, 0) is 9.57 Å². The molecule has 1 fully saturated rings. The Balaban J connectivity index is 2.57. The monoisotopic (exact) mass is 238 g/mol. The van der Waals surface area contributed by atoms with Gasteiger partial charge in [0.2, 0.25) is 5.97 Å². The predicted molar refractivity (Wildman–Crippen MR) is 50.3 cm³/mol. The molecule has 3 unspecified atom stereocenters. The van der Waals surface area contributed by atoms with E-state index in [1.165, 1.54) is 0 Å². The molecule has 0 bridgehead atoms. The number of hydrogen-bond acceptors (Lipinski definition) is 9. The van der Waals surface area contributed by atoms with Gasteiger partial charge in [0.15, 0.2) is 0 Å². The van der Waals surface area contributed by atoms with Crippen LogP contribution in [0.5, 0.6) is 0 Å². The van der Waals surface area contributed by atoms with E-state index in [4.69, 9.17) is 37.5 Å². The molecule has 0 radical (unpaired) electrons. The molecule has 9 N–H and O–H groups in total. The van der Waals surface area contributed by atoms with Crippen LogP contribution in [0.15, 0.2) is 0 Å². The molecule has 0 spiro atoms. The molecule has 1 aliphatic rings. The Morgan fingerprint density at radius 1 is 1.19 bits per heavy atom. The van der Waals surface area contributed by atoms with Crippen molar-refractivity contribution >= 4 is 0 Å². The van der Waals surface area contributed by atoms with Crippen LogP contribution in [0.2, 0.25) is 0 Å². The molecule has 16 heavy (non-hydrogen) atoms. The van der Waals surface area contributed by atoms with Crippen LogP contribution in [0.25, 0.3) is 0 Å². The molecular formula is C7H18N4O5. The van der Waals surface area contributed by atoms with Gasteiger partial charge >= 0.3 is 0 Å². The van der Waals surface area contributed by atoms with Gasteiger partial charge in [-0.15, -0.1) is 0 Å². The highest BCUT2D eigenvalue weighted by atomic mass is 17.1. The Bertz CT molecular complexity index is 221. The van der Waals surface area contributed by atoms with Crippen LogP contribution in [0.1, 0.15) is 12.8 Å². The minimum atomic E-state index is -1.83. The molecule has 0 amide bonds. The summed E-state index contributed by atoms with van der Waals surface area (Å²) in [4.78, 5) is 4.64. The summed E-state index contributed by atoms with van der Waals surface area (Å²) >= 11 is 0. The SMILES string of the molecule is NC(N)(N)OC1CC(CO)CC1ON(O)O. The molecule has 9 heteroatoms. The normalized spacial score (nSPS) is 31.3. The average molecular weight is 238 g/mol. The van der Waals surface area contributed by atoms with E-state index >= 15 is 0 Å². The van der Waals surface area contributed by atoms with Crippen molar-refractivity contribution in [2.75, 3.05) is 6.61 Å². The van der Waals surface area contributed by atoms with Crippen LogP contribution in [0, 0.1) is 5.92 Å². The molecular weight excluding hydrogens is 220 g/mol. The Morgan fingerprint density at radius 2 is 1.75 bits per heavy atom. The summed E-state index contributed by atoms with van der Waals surface area (Å²) in [6.45, 7) is -0.0662. The zero-order valence-corrected chi connectivity index (χ0v) is 8.69. The average Bonchev–Trinajstić information content (AvgIpc) is 2.44. The van der Waals surface area contributed by atoms with Gasteiger partial charge in [-0.2, -0.15) is 0 Å². The first-order valence-corrected chi connectivity index (χ1v) is 4.81. The summed E-state index contributed by atoms with van der Waals surface area (Å²) in [5.74, 6) is -1.91. The lowest BCUT2D eigenvalue weighted by atomic mass is 10.1. The van der Waals surface area contributed by atoms with Crippen molar-refractivity contribution in [3.8, 4) is 0 Å². The van der Waals surface area contributed by atoms with Gasteiger partial charge in [-0.3, -0.25) is 27.6 Å². The van der Waals surface area contributed by atoms with Crippen molar-refractivity contribution in [2.24, 2.45) is 23.1 Å². The number of hydrogen-bond donors (Lipinski definition) is 6. The molecule has 96 valence electrons. The highest BCUT2D eigenvalue weighted by molar-refractivity contribution is 4.85. The summed E-state index contributed by atoms with van der Waals surface area (Å²) < 4.78 is 5.09. The van der Waals surface area contributed by atoms with E-state index in [9.17, 15) is 0 Å². The Hall–Kier alpha value is -0.360. The minimum absolute atomic E-state index is 0.0662. The second-order valence-corrected chi connectivity index (χ2v) is 3.93. The predicted octanol–water partition coefficient (Wildman–Crippen LogP) is -2.36. The van der Waals surface area contributed by atoms with Crippen molar-refractivity contribution < 1.29 is 25.1 Å². The second-order valence-electron chi connectivity index (χ2n) is 3.93. The molecule has 3 atom stereocenters. The van der Waals surface area contributed by atoms with Gasteiger partial charge in [0.25, 0.3) is 0 Å². The molecule has 0 aromatic heterocycles. The van der Waals surface area contributed by atoms with Crippen LogP contribution >= 0.6 is 0 Å². The molecule has 0 saturated heterocycles. The maximum Gasteiger partial charge on any atom is 0.227 e. The second kappa shape index (κ2) is 5.31. The van der Waals surface area contributed by atoms with Crippen molar-refractivity contribution in [3.63, 3.8) is 0 Å². The molecule has 0 aromatic rings. The lowest BCUT2D eigenvalue weighted by Gasteiger charge is -2.27. The van der Waals surface area contributed by atoms with Gasteiger partial charge in [-0.25, -0.2) is 4.84 Å². The van der Waals surface area contributed by atoms with Crippen LogP contribution in [0.3, 0.4) is 0 Å². The summed E-state index contributed by atoms with van der Waals surface area (Å²) in [6, 6.07) is 0. The Morgan fingerprint density at radius 3 is 2.19 bits per heavy atom. The topological polar surface area (TPSA) is 160 Å². The van der Waals surface area contributed by atoms with E-state index in [2.05, 4.69) is 4.84 Å². The van der Waals surface area contributed by atoms with E-state index < -0.39 is 23.6 Å². The molecule has 1 aliphatic carbocycles. The van der Waals surface area contributed by atoms with Crippen LogP contribution in [0.4, 0.5) is 0 Å². The first kappa shape index (κ1) is 13.7. The summed E-state index contributed by atoms with van der Waals surface area (Å²) in [5, 5.41) is 25.7. The van der Waals surface area contributed by atoms with Crippen molar-refractivity contribution in [3.05, 3.63) is 0 Å². The number of rotatable bonds is 5. The number of aliphatic hydroxyl groups is 1. The van der Waals surface area contributed by atoms with Gasteiger partial charge in [0, 0.05) is 6.61 Å². The molecule has 1 rings (SSSR count). The zero-order chi connectivity index (χ0) is 12.3. The van der Waals surface area contributed by atoms with E-state index in [0.29, 0.717) is 12.8 Å². The molecule has 1 saturated carbocycles. The van der Waals surface area contributed by atoms with E-state index in [1.54, 1.807) is 0 Å². The summed E-state index contributed by atoms with van der Waals surface area (Å²) in [6.07, 6.45) is -0.488. The maximum atomic E-state index is 8.99. The fourth-order valence-corrected chi connectivity index (χ4v) is 1.82. The van der Waals surface area contributed by atoms with Gasteiger partial charge in [0.05, 0.1) is 11.5 Å². The van der Waals surface area contributed by atoms with E-state index in [-0.39, 0.29) is 12.5 Å². The maximum absolute atomic E-state index is 8.99. The van der Waals surface area contributed by atoms with Crippen molar-refractivity contribution in [2.45, 2.75) is 31.0 Å². The first-order valence-electron chi connectivity index (χ1n) is 4.81. The fraction of sp³-hybridized carbons (Fsp3) is 1.00. The standard InChI is InChI=1S/C7H18N4O5/c8-7(9,10)15-5-1-4(3-12)2-6(5)16-11(13)14/h4-6,12-14H,1-3,8-10H2. The number of nitrogens with zero attached hydrogens (tertiary/aromatic N) is 1. The number of aliphatic hydroxyl groups excluding tert-OH is 1. The lowest BCUT2D eigenvalue weighted by molar-refractivity contribution is -0.509. The van der Waals surface area contributed by atoms with Gasteiger partial charge < -0.3 is 9.84 Å². The third kappa shape index (κ3) is 4.25. The Labute approximate surface area is 92.2 Å². The third-order valence-electron chi connectivity index (χ3n) is 2.39. The smallest absolute Gasteiger partial charge is 0.227 e. The summed E-state index contributed by atoms with van der Waals surface area (Å²) in [5.41, 5.74) is 15.8. The van der Waals surface area contributed by atoms with Crippen molar-refractivity contribution in [1.82, 2.24) is 5.39 Å². The highest BCUT2D eigenvalue weighted by Gasteiger charge is 2.39. The highest BCUT2D eigenvalue weighted by Crippen LogP contribution is 2.31. The quantitative estimate of drug-likeness (QED) is 0.227. The number of ether oxygens (including phenoxy) is 1. The Kier molecular flexibility index (Phi) is 4.55. The van der Waals surface area contributed by atoms with Gasteiger partial charge in [-0.05, 0) is 18.8 Å². The molecule has 0 aromatic carbocycles. The molecule has 0 aliphatic heterocycles.